The van der Waals surface area contributed by atoms with E-state index in [-0.39, 0.29) is 12.1 Å². The summed E-state index contributed by atoms with van der Waals surface area (Å²) >= 11 is 0. The van der Waals surface area contributed by atoms with Crippen molar-refractivity contribution in [3.63, 3.8) is 0 Å². The number of hydrogen-bond donors (Lipinski definition) is 2. The molecule has 1 amide bonds. The summed E-state index contributed by atoms with van der Waals surface area (Å²) in [7, 11) is 0. The minimum atomic E-state index is 0.0957. The second kappa shape index (κ2) is 38.7. The van der Waals surface area contributed by atoms with E-state index in [1.54, 1.807) is 0 Å². The van der Waals surface area contributed by atoms with Crippen molar-refractivity contribution in [3.8, 4) is 0 Å². The molecule has 4 nitrogen and oxygen atoms in total. The topological polar surface area (TPSA) is 44.1 Å². The zero-order valence-electron chi connectivity index (χ0n) is 35.4. The van der Waals surface area contributed by atoms with Gasteiger partial charge in [0.2, 0.25) is 11.7 Å². The van der Waals surface area contributed by atoms with Crippen molar-refractivity contribution in [1.29, 1.82) is 0 Å². The van der Waals surface area contributed by atoms with Crippen molar-refractivity contribution in [2.75, 3.05) is 13.1 Å². The number of rotatable bonds is 41. The SMILES string of the molecule is CCCCCCCCCCCCCCCCCCCCCC(=O)NC(C)[N+]1=C(CCCCCCCCCCCCCCCCCCCC)NCC1. The fraction of sp³-hybridized carbons (Fsp3) is 0.957. The van der Waals surface area contributed by atoms with Gasteiger partial charge in [0.05, 0.1) is 0 Å². The highest BCUT2D eigenvalue weighted by Gasteiger charge is 2.25. The lowest BCUT2D eigenvalue weighted by atomic mass is 10.0. The fourth-order valence-corrected chi connectivity index (χ4v) is 8.16. The number of unbranched alkanes of at least 4 members (excludes halogenated alkanes) is 35. The zero-order chi connectivity index (χ0) is 36.7. The van der Waals surface area contributed by atoms with Crippen molar-refractivity contribution in [2.45, 2.75) is 277 Å². The van der Waals surface area contributed by atoms with Crippen molar-refractivity contribution in [2.24, 2.45) is 0 Å². The molecule has 0 saturated heterocycles. The molecule has 1 atom stereocenters. The number of hydrogen-bond acceptors (Lipinski definition) is 2. The highest BCUT2D eigenvalue weighted by Crippen LogP contribution is 2.17. The van der Waals surface area contributed by atoms with Gasteiger partial charge in [-0.2, -0.15) is 0 Å². The highest BCUT2D eigenvalue weighted by molar-refractivity contribution is 5.79. The van der Waals surface area contributed by atoms with Gasteiger partial charge in [0.1, 0.15) is 13.1 Å². The monoisotopic (exact) mass is 717 g/mol. The maximum Gasteiger partial charge on any atom is 0.246 e. The Kier molecular flexibility index (Phi) is 36.4. The zero-order valence-corrected chi connectivity index (χ0v) is 35.4. The molecule has 1 aliphatic rings. The van der Waals surface area contributed by atoms with Crippen LogP contribution in [0.25, 0.3) is 0 Å². The highest BCUT2D eigenvalue weighted by atomic mass is 16.1. The number of amides is 1. The van der Waals surface area contributed by atoms with E-state index in [0.717, 1.165) is 25.9 Å². The molecule has 0 radical (unpaired) electrons. The number of carbonyl (C=O) groups excluding carboxylic acids is 1. The predicted octanol–water partition coefficient (Wildman–Crippen LogP) is 14.7. The van der Waals surface area contributed by atoms with Gasteiger partial charge in [-0.3, -0.25) is 10.1 Å². The molecule has 0 aromatic heterocycles. The average molecular weight is 717 g/mol. The molecule has 0 aromatic rings. The Morgan fingerprint density at radius 1 is 0.490 bits per heavy atom. The van der Waals surface area contributed by atoms with Gasteiger partial charge in [-0.05, 0) is 19.8 Å². The summed E-state index contributed by atoms with van der Waals surface area (Å²) < 4.78 is 2.40. The first-order valence-electron chi connectivity index (χ1n) is 23.8. The molecule has 4 heteroatoms. The van der Waals surface area contributed by atoms with Gasteiger partial charge in [-0.25, -0.2) is 4.58 Å². The maximum absolute atomic E-state index is 12.7. The Bertz CT molecular complexity index is 765. The van der Waals surface area contributed by atoms with Gasteiger partial charge in [0.25, 0.3) is 0 Å². The van der Waals surface area contributed by atoms with Gasteiger partial charge in [0, 0.05) is 12.8 Å². The van der Waals surface area contributed by atoms with Crippen LogP contribution in [0.1, 0.15) is 271 Å². The van der Waals surface area contributed by atoms with E-state index in [9.17, 15) is 4.79 Å². The van der Waals surface area contributed by atoms with Crippen LogP contribution in [-0.2, 0) is 4.79 Å². The summed E-state index contributed by atoms with van der Waals surface area (Å²) in [5, 5.41) is 6.91. The smallest absolute Gasteiger partial charge is 0.246 e. The summed E-state index contributed by atoms with van der Waals surface area (Å²) in [6.45, 7) is 8.78. The number of nitrogens with zero attached hydrogens (tertiary/aromatic N) is 1. The Labute approximate surface area is 321 Å². The Morgan fingerprint density at radius 2 is 0.784 bits per heavy atom. The third-order valence-electron chi connectivity index (χ3n) is 11.6. The Hall–Kier alpha value is -1.06. The second-order valence-corrected chi connectivity index (χ2v) is 16.7. The first kappa shape index (κ1) is 48.0. The van der Waals surface area contributed by atoms with E-state index in [1.807, 2.05) is 0 Å². The van der Waals surface area contributed by atoms with Crippen LogP contribution < -0.4 is 10.6 Å². The third kappa shape index (κ3) is 32.1. The van der Waals surface area contributed by atoms with E-state index < -0.39 is 0 Å². The molecule has 1 rings (SSSR count). The Balaban J connectivity index is 1.89. The van der Waals surface area contributed by atoms with E-state index in [4.69, 9.17) is 0 Å². The molecular formula is C47H94N3O+. The minimum Gasteiger partial charge on any atom is -0.318 e. The fourth-order valence-electron chi connectivity index (χ4n) is 8.16. The van der Waals surface area contributed by atoms with Crippen molar-refractivity contribution < 1.29 is 9.37 Å². The van der Waals surface area contributed by atoms with E-state index in [1.165, 1.54) is 237 Å². The van der Waals surface area contributed by atoms with Gasteiger partial charge < -0.3 is 5.32 Å². The van der Waals surface area contributed by atoms with Crippen LogP contribution in [0.2, 0.25) is 0 Å². The molecule has 1 aliphatic heterocycles. The average Bonchev–Trinajstić information content (AvgIpc) is 3.61. The lowest BCUT2D eigenvalue weighted by Crippen LogP contribution is -2.42. The Morgan fingerprint density at radius 3 is 1.12 bits per heavy atom. The number of amidine groups is 1. The van der Waals surface area contributed by atoms with E-state index in [0.29, 0.717) is 6.42 Å². The van der Waals surface area contributed by atoms with Gasteiger partial charge in [-0.1, -0.05) is 239 Å². The molecular weight excluding hydrogens is 623 g/mol. The number of nitrogens with one attached hydrogen (secondary N) is 2. The predicted molar refractivity (Wildman–Crippen MR) is 227 cm³/mol. The lowest BCUT2D eigenvalue weighted by molar-refractivity contribution is -0.558. The van der Waals surface area contributed by atoms with Crippen molar-refractivity contribution >= 4 is 11.7 Å². The summed E-state index contributed by atoms with van der Waals surface area (Å²) in [4.78, 5) is 12.7. The van der Waals surface area contributed by atoms with Gasteiger partial charge in [0.15, 0.2) is 6.17 Å². The quantitative estimate of drug-likeness (QED) is 0.0489. The van der Waals surface area contributed by atoms with E-state index >= 15 is 0 Å². The third-order valence-corrected chi connectivity index (χ3v) is 11.6. The molecule has 302 valence electrons. The second-order valence-electron chi connectivity index (χ2n) is 16.7. The molecule has 2 N–H and O–H groups in total. The molecule has 0 saturated carbocycles. The van der Waals surface area contributed by atoms with Crippen molar-refractivity contribution in [1.82, 2.24) is 10.6 Å². The van der Waals surface area contributed by atoms with E-state index in [2.05, 4.69) is 36.0 Å². The summed E-state index contributed by atoms with van der Waals surface area (Å²) in [5.41, 5.74) is 0. The largest absolute Gasteiger partial charge is 0.318 e. The van der Waals surface area contributed by atoms with Crippen LogP contribution in [0.15, 0.2) is 0 Å². The van der Waals surface area contributed by atoms with Crippen LogP contribution >= 0.6 is 0 Å². The molecule has 51 heavy (non-hydrogen) atoms. The standard InChI is InChI=1S/C47H93N3O/c1-4-6-8-10-12-14-16-18-20-22-24-26-28-30-32-34-36-38-40-42-47(51)49-45(3)50-44-43-48-46(50)41-39-37-35-33-31-29-27-25-23-21-19-17-15-13-11-9-7-5-2/h45H,4-44H2,1-3H3,(H,49,51)/p+1. The minimum absolute atomic E-state index is 0.0957. The molecule has 1 unspecified atom stereocenters. The normalized spacial score (nSPS) is 13.6. The first-order valence-corrected chi connectivity index (χ1v) is 23.8. The molecule has 1 heterocycles. The lowest BCUT2D eigenvalue weighted by Gasteiger charge is -2.15. The van der Waals surface area contributed by atoms with Gasteiger partial charge >= 0.3 is 0 Å². The summed E-state index contributed by atoms with van der Waals surface area (Å²) in [6.07, 6.45) is 53.8. The number of carbonyl (C=O) groups is 1. The van der Waals surface area contributed by atoms with Crippen LogP contribution in [0.3, 0.4) is 0 Å². The maximum atomic E-state index is 12.7. The molecule has 0 aromatic carbocycles. The summed E-state index contributed by atoms with van der Waals surface area (Å²) in [5.74, 6) is 1.58. The van der Waals surface area contributed by atoms with Crippen LogP contribution in [0, 0.1) is 0 Å². The van der Waals surface area contributed by atoms with Gasteiger partial charge in [-0.15, -0.1) is 0 Å². The van der Waals surface area contributed by atoms with Crippen LogP contribution in [-0.4, -0.2) is 35.6 Å². The first-order chi connectivity index (χ1) is 25.2. The molecule has 0 fully saturated rings. The molecule has 0 spiro atoms. The summed E-state index contributed by atoms with van der Waals surface area (Å²) in [6, 6.07) is 0. The molecule has 0 aliphatic carbocycles. The van der Waals surface area contributed by atoms with Crippen molar-refractivity contribution in [3.05, 3.63) is 0 Å². The molecule has 0 bridgehead atoms. The van der Waals surface area contributed by atoms with Crippen LogP contribution in [0.4, 0.5) is 0 Å². The van der Waals surface area contributed by atoms with Crippen LogP contribution in [0.5, 0.6) is 0 Å².